The predicted octanol–water partition coefficient (Wildman–Crippen LogP) is 1.34. The van der Waals surface area contributed by atoms with Crippen molar-refractivity contribution in [2.24, 2.45) is 11.8 Å². The largest absolute Gasteiger partial charge is 0.394 e. The average Bonchev–Trinajstić information content (AvgIpc) is 3.38. The Kier molecular flexibility index (Phi) is 6.05. The Morgan fingerprint density at radius 2 is 1.94 bits per heavy atom. The molecule has 0 saturated carbocycles. The van der Waals surface area contributed by atoms with Gasteiger partial charge in [0.15, 0.2) is 0 Å². The van der Waals surface area contributed by atoms with E-state index < -0.39 is 34.2 Å². The third-order valence-corrected chi connectivity index (χ3v) is 8.90. The highest BCUT2D eigenvalue weighted by Gasteiger charge is 2.74. The molecule has 3 heterocycles. The van der Waals surface area contributed by atoms with Crippen LogP contribution in [0.1, 0.15) is 39.2 Å². The van der Waals surface area contributed by atoms with E-state index in [-0.39, 0.29) is 29.6 Å². The summed E-state index contributed by atoms with van der Waals surface area (Å²) in [6.45, 7) is 5.51. The number of benzene rings is 1. The highest BCUT2D eigenvalue weighted by molar-refractivity contribution is 8.02. The van der Waals surface area contributed by atoms with Gasteiger partial charge in [0.2, 0.25) is 17.7 Å². The molecule has 6 atom stereocenters. The van der Waals surface area contributed by atoms with Gasteiger partial charge in [0.1, 0.15) is 6.04 Å². The van der Waals surface area contributed by atoms with Crippen molar-refractivity contribution in [2.45, 2.75) is 67.7 Å². The van der Waals surface area contributed by atoms with E-state index in [1.54, 1.807) is 23.7 Å². The Bertz CT molecular complexity index is 902. The summed E-state index contributed by atoms with van der Waals surface area (Å²) < 4.78 is -0.641. The molecular weight excluding hydrogens is 426 g/mol. The van der Waals surface area contributed by atoms with Crippen molar-refractivity contribution < 1.29 is 19.5 Å². The molecule has 3 amide bonds. The van der Waals surface area contributed by atoms with Crippen molar-refractivity contribution in [1.82, 2.24) is 15.5 Å². The summed E-state index contributed by atoms with van der Waals surface area (Å²) in [7, 11) is 1.60. The van der Waals surface area contributed by atoms with E-state index in [1.165, 1.54) is 0 Å². The highest BCUT2D eigenvalue weighted by Crippen LogP contribution is 2.66. The van der Waals surface area contributed by atoms with Crippen LogP contribution in [0.5, 0.6) is 0 Å². The summed E-state index contributed by atoms with van der Waals surface area (Å²) in [5.74, 6) is -1.52. The maximum Gasteiger partial charge on any atom is 0.244 e. The first-order chi connectivity index (χ1) is 15.1. The van der Waals surface area contributed by atoms with Gasteiger partial charge in [0.25, 0.3) is 0 Å². The Morgan fingerprint density at radius 1 is 1.25 bits per heavy atom. The van der Waals surface area contributed by atoms with E-state index in [0.29, 0.717) is 12.8 Å². The zero-order chi connectivity index (χ0) is 23.3. The highest BCUT2D eigenvalue weighted by atomic mass is 32.2. The second-order valence-corrected chi connectivity index (χ2v) is 11.8. The standard InChI is InChI=1S/C24H33N3O4S/c1-23(2,3)26-21(30)19-24-11-10-16(32-24)17(20(29)25-4)18(24)22(31)27(19)15(13-28)12-14-8-6-5-7-9-14/h5-9,15-19,28H,10-13H2,1-4H3,(H,25,29)(H,26,30)/t15-,16-,17+,18+,19?,24?/m1/s1. The molecule has 2 unspecified atom stereocenters. The van der Waals surface area contributed by atoms with Gasteiger partial charge < -0.3 is 20.6 Å². The molecule has 4 rings (SSSR count). The molecule has 3 N–H and O–H groups in total. The monoisotopic (exact) mass is 459 g/mol. The minimum absolute atomic E-state index is 0.0395. The lowest BCUT2D eigenvalue weighted by molar-refractivity contribution is -0.143. The third-order valence-electron chi connectivity index (χ3n) is 6.95. The van der Waals surface area contributed by atoms with Crippen LogP contribution in [0.3, 0.4) is 0 Å². The first-order valence-electron chi connectivity index (χ1n) is 11.3. The fourth-order valence-electron chi connectivity index (χ4n) is 5.83. The van der Waals surface area contributed by atoms with Crippen molar-refractivity contribution in [1.29, 1.82) is 0 Å². The van der Waals surface area contributed by atoms with Crippen LogP contribution < -0.4 is 10.6 Å². The molecular formula is C24H33N3O4S. The molecule has 1 spiro atoms. The maximum atomic E-state index is 13.9. The summed E-state index contributed by atoms with van der Waals surface area (Å²) in [5, 5.41) is 16.2. The minimum atomic E-state index is -0.718. The number of likely N-dealkylation sites (tertiary alicyclic amines) is 1. The van der Waals surface area contributed by atoms with Crippen molar-refractivity contribution in [2.75, 3.05) is 13.7 Å². The van der Waals surface area contributed by atoms with Crippen molar-refractivity contribution in [3.63, 3.8) is 0 Å². The lowest BCUT2D eigenvalue weighted by atomic mass is 9.70. The molecule has 32 heavy (non-hydrogen) atoms. The van der Waals surface area contributed by atoms with Gasteiger partial charge in [0, 0.05) is 17.8 Å². The zero-order valence-electron chi connectivity index (χ0n) is 19.1. The first kappa shape index (κ1) is 23.1. The molecule has 3 fully saturated rings. The van der Waals surface area contributed by atoms with Gasteiger partial charge in [-0.25, -0.2) is 0 Å². The molecule has 1 aromatic carbocycles. The molecule has 0 radical (unpaired) electrons. The number of aliphatic hydroxyl groups excluding tert-OH is 1. The summed E-state index contributed by atoms with van der Waals surface area (Å²) in [6, 6.07) is 8.43. The zero-order valence-corrected chi connectivity index (χ0v) is 19.9. The number of carbonyl (C=O) groups is 3. The molecule has 3 aliphatic rings. The Hall–Kier alpha value is -2.06. The van der Waals surface area contributed by atoms with Gasteiger partial charge in [-0.05, 0) is 45.6 Å². The van der Waals surface area contributed by atoms with Crippen molar-refractivity contribution in [3.05, 3.63) is 35.9 Å². The van der Waals surface area contributed by atoms with E-state index in [1.807, 2.05) is 51.1 Å². The quantitative estimate of drug-likeness (QED) is 0.596. The topological polar surface area (TPSA) is 98.7 Å². The molecule has 1 aromatic rings. The maximum absolute atomic E-state index is 13.9. The van der Waals surface area contributed by atoms with Gasteiger partial charge in [-0.1, -0.05) is 30.3 Å². The second kappa shape index (κ2) is 8.37. The number of aliphatic hydroxyl groups is 1. The van der Waals surface area contributed by atoms with E-state index in [0.717, 1.165) is 12.0 Å². The third kappa shape index (κ3) is 3.71. The number of hydrogen-bond acceptors (Lipinski definition) is 5. The van der Waals surface area contributed by atoms with Gasteiger partial charge >= 0.3 is 0 Å². The fraction of sp³-hybridized carbons (Fsp3) is 0.625. The van der Waals surface area contributed by atoms with Gasteiger partial charge in [-0.2, -0.15) is 0 Å². The van der Waals surface area contributed by atoms with Gasteiger partial charge in [-0.3, -0.25) is 14.4 Å². The first-order valence-corrected chi connectivity index (χ1v) is 12.2. The number of amides is 3. The minimum Gasteiger partial charge on any atom is -0.394 e. The summed E-state index contributed by atoms with van der Waals surface area (Å²) in [4.78, 5) is 42.0. The summed E-state index contributed by atoms with van der Waals surface area (Å²) in [5.41, 5.74) is 0.527. The van der Waals surface area contributed by atoms with Crippen molar-refractivity contribution >= 4 is 29.5 Å². The van der Waals surface area contributed by atoms with Crippen molar-refractivity contribution in [3.8, 4) is 0 Å². The Morgan fingerprint density at radius 3 is 2.53 bits per heavy atom. The molecule has 8 heteroatoms. The SMILES string of the molecule is CNC(=O)[C@@H]1[C@H]2C(=O)N([C@@H](CO)Cc3ccccc3)C(C(=O)NC(C)(C)C)C23CC[C@H]1S3. The number of rotatable bonds is 6. The Balaban J connectivity index is 1.76. The number of carbonyl (C=O) groups excluding carboxylic acids is 3. The number of nitrogens with one attached hydrogen (secondary N) is 2. The van der Waals surface area contributed by atoms with Crippen LogP contribution in [-0.4, -0.2) is 69.0 Å². The normalized spacial score (nSPS) is 32.0. The lowest BCUT2D eigenvalue weighted by Gasteiger charge is -2.38. The Labute approximate surface area is 193 Å². The van der Waals surface area contributed by atoms with Crippen LogP contribution in [0.4, 0.5) is 0 Å². The van der Waals surface area contributed by atoms with E-state index >= 15 is 0 Å². The molecule has 0 aliphatic carbocycles. The lowest BCUT2D eigenvalue weighted by Crippen LogP contribution is -2.59. The molecule has 0 aromatic heterocycles. The van der Waals surface area contributed by atoms with Gasteiger partial charge in [-0.15, -0.1) is 11.8 Å². The predicted molar refractivity (Wildman–Crippen MR) is 124 cm³/mol. The van der Waals surface area contributed by atoms with Crippen LogP contribution in [0.25, 0.3) is 0 Å². The van der Waals surface area contributed by atoms with E-state index in [4.69, 9.17) is 0 Å². The second-order valence-electron chi connectivity index (χ2n) is 10.2. The van der Waals surface area contributed by atoms with Crippen LogP contribution >= 0.6 is 11.8 Å². The number of thioether (sulfide) groups is 1. The molecule has 174 valence electrons. The summed E-state index contributed by atoms with van der Waals surface area (Å²) in [6.07, 6.45) is 1.97. The fourth-order valence-corrected chi connectivity index (χ4v) is 8.03. The smallest absolute Gasteiger partial charge is 0.244 e. The molecule has 2 bridgehead atoms. The van der Waals surface area contributed by atoms with E-state index in [9.17, 15) is 19.5 Å². The average molecular weight is 460 g/mol. The van der Waals surface area contributed by atoms with Crippen LogP contribution in [-0.2, 0) is 20.8 Å². The van der Waals surface area contributed by atoms with Crippen LogP contribution in [0.15, 0.2) is 30.3 Å². The molecule has 3 saturated heterocycles. The van der Waals surface area contributed by atoms with E-state index in [2.05, 4.69) is 10.6 Å². The number of hydrogen-bond donors (Lipinski definition) is 3. The number of nitrogens with zero attached hydrogens (tertiary/aromatic N) is 1. The van der Waals surface area contributed by atoms with Crippen LogP contribution in [0, 0.1) is 11.8 Å². The summed E-state index contributed by atoms with van der Waals surface area (Å²) >= 11 is 1.64. The van der Waals surface area contributed by atoms with Crippen LogP contribution in [0.2, 0.25) is 0 Å². The molecule has 3 aliphatic heterocycles. The number of fused-ring (bicyclic) bond motifs is 1. The molecule has 7 nitrogen and oxygen atoms in total. The van der Waals surface area contributed by atoms with Gasteiger partial charge in [0.05, 0.1) is 29.2 Å².